The van der Waals surface area contributed by atoms with Crippen LogP contribution in [0.3, 0.4) is 0 Å². The summed E-state index contributed by atoms with van der Waals surface area (Å²) in [6, 6.07) is 0. The average molecular weight is 155 g/mol. The van der Waals surface area contributed by atoms with Crippen LogP contribution in [-0.4, -0.2) is 35.0 Å². The van der Waals surface area contributed by atoms with Gasteiger partial charge in [0.25, 0.3) is 5.06 Å². The molecular weight excluding hydrogens is 147 g/mol. The molecule has 0 fully saturated rings. The van der Waals surface area contributed by atoms with Gasteiger partial charge in [0.05, 0.1) is 13.7 Å². The van der Waals surface area contributed by atoms with Crippen LogP contribution in [0.4, 0.5) is 0 Å². The van der Waals surface area contributed by atoms with Crippen LogP contribution in [0.25, 0.3) is 0 Å². The fraction of sp³-hybridized carbons (Fsp3) is 0.750. The Morgan fingerprint density at radius 3 is 2.44 bits per heavy atom. The summed E-state index contributed by atoms with van der Waals surface area (Å²) in [5.41, 5.74) is 0. The topological polar surface area (TPSA) is 66.8 Å². The van der Waals surface area contributed by atoms with Crippen LogP contribution < -0.4 is 0 Å². The number of esters is 1. The van der Waals surface area contributed by atoms with E-state index < -0.39 is 17.6 Å². The first kappa shape index (κ1) is 8.68. The van der Waals surface area contributed by atoms with Crippen LogP contribution in [0.2, 0.25) is 0 Å². The molecule has 0 aromatic heterocycles. The van der Waals surface area contributed by atoms with Crippen molar-refractivity contribution in [3.05, 3.63) is 0 Å². The van der Waals surface area contributed by atoms with Crippen molar-refractivity contribution in [3.63, 3.8) is 0 Å². The van der Waals surface area contributed by atoms with Crippen LogP contribution in [0, 0.1) is 0 Å². The Labute approximate surface area is 57.0 Å². The molecule has 0 spiro atoms. The van der Waals surface area contributed by atoms with Crippen molar-refractivity contribution in [2.75, 3.05) is 13.7 Å². The lowest BCUT2D eigenvalue weighted by atomic mass is 10.4. The van der Waals surface area contributed by atoms with Crippen LogP contribution in [-0.2, 0) is 9.53 Å². The summed E-state index contributed by atoms with van der Waals surface area (Å²) in [5, 5.41) is 14.6. The number of aliphatic hydroxyl groups excluding tert-OH is 1. The summed E-state index contributed by atoms with van der Waals surface area (Å²) in [4.78, 5) is 10.3. The Bertz CT molecular complexity index is 111. The third-order valence-electron chi connectivity index (χ3n) is 0.708. The molecule has 54 valence electrons. The lowest BCUT2D eigenvalue weighted by molar-refractivity contribution is -0.156. The maximum absolute atomic E-state index is 10.3. The maximum atomic E-state index is 10.3. The average Bonchev–Trinajstić information content (AvgIpc) is 1.86. The van der Waals surface area contributed by atoms with E-state index in [2.05, 4.69) is 4.74 Å². The largest absolute Gasteiger partial charge is 0.466 e. The fourth-order valence-corrected chi connectivity index (χ4v) is 0.298. The molecule has 0 amide bonds. The second-order valence-electron chi connectivity index (χ2n) is 1.41. The number of hydrogen-bond donors (Lipinski definition) is 2. The van der Waals surface area contributed by atoms with Gasteiger partial charge < -0.3 is 14.9 Å². The number of hydrogen-bond acceptors (Lipinski definition) is 4. The molecule has 2 N–H and O–H groups in total. The lowest BCUT2D eigenvalue weighted by Crippen LogP contribution is -2.37. The Morgan fingerprint density at radius 1 is 1.89 bits per heavy atom. The molecule has 0 aromatic rings. The van der Waals surface area contributed by atoms with Gasteiger partial charge in [-0.15, -0.1) is 0 Å². The second-order valence-corrected chi connectivity index (χ2v) is 2.03. The zero-order chi connectivity index (χ0) is 7.49. The molecule has 0 heterocycles. The quantitative estimate of drug-likeness (QED) is 0.399. The third-order valence-corrected chi connectivity index (χ3v) is 0.982. The van der Waals surface area contributed by atoms with E-state index in [0.29, 0.717) is 0 Å². The summed E-state index contributed by atoms with van der Waals surface area (Å²) in [6.07, 6.45) is 0. The number of carbonyl (C=O) groups excluding carboxylic acids is 1. The highest BCUT2D eigenvalue weighted by atomic mass is 35.5. The normalized spacial score (nSPS) is 16.4. The van der Waals surface area contributed by atoms with Gasteiger partial charge in [-0.05, 0) is 0 Å². The van der Waals surface area contributed by atoms with E-state index in [1.165, 1.54) is 0 Å². The van der Waals surface area contributed by atoms with Gasteiger partial charge in [-0.1, -0.05) is 11.6 Å². The summed E-state index contributed by atoms with van der Waals surface area (Å²) in [7, 11) is 1.06. The van der Waals surface area contributed by atoms with Gasteiger partial charge in [-0.2, -0.15) is 0 Å². The molecular formula is C4H7ClO4. The van der Waals surface area contributed by atoms with Crippen molar-refractivity contribution in [1.82, 2.24) is 0 Å². The number of rotatable bonds is 2. The Hall–Kier alpha value is -0.320. The van der Waals surface area contributed by atoms with Gasteiger partial charge >= 0.3 is 5.97 Å². The predicted molar refractivity (Wildman–Crippen MR) is 29.9 cm³/mol. The van der Waals surface area contributed by atoms with E-state index in [1.807, 2.05) is 0 Å². The van der Waals surface area contributed by atoms with Gasteiger partial charge in [0.2, 0.25) is 0 Å². The minimum atomic E-state index is -2.28. The van der Waals surface area contributed by atoms with Gasteiger partial charge in [0, 0.05) is 0 Å². The summed E-state index contributed by atoms with van der Waals surface area (Å²) in [6.45, 7) is -0.860. The smallest absolute Gasteiger partial charge is 0.356 e. The molecule has 0 aromatic carbocycles. The van der Waals surface area contributed by atoms with Crippen LogP contribution >= 0.6 is 11.6 Å². The highest BCUT2D eigenvalue weighted by Gasteiger charge is 2.33. The van der Waals surface area contributed by atoms with E-state index in [0.717, 1.165) is 7.11 Å². The van der Waals surface area contributed by atoms with Crippen LogP contribution in [0.15, 0.2) is 0 Å². The molecule has 0 aliphatic carbocycles. The Morgan fingerprint density at radius 2 is 2.33 bits per heavy atom. The molecule has 1 unspecified atom stereocenters. The molecule has 0 saturated heterocycles. The summed E-state index contributed by atoms with van der Waals surface area (Å²) < 4.78 is 4.03. The van der Waals surface area contributed by atoms with E-state index in [-0.39, 0.29) is 0 Å². The monoisotopic (exact) mass is 154 g/mol. The molecule has 1 atom stereocenters. The Kier molecular flexibility index (Phi) is 2.90. The second kappa shape index (κ2) is 3.00. The molecule has 4 nitrogen and oxygen atoms in total. The van der Waals surface area contributed by atoms with Crippen molar-refractivity contribution in [2.45, 2.75) is 5.06 Å². The van der Waals surface area contributed by atoms with Gasteiger partial charge in [0.15, 0.2) is 0 Å². The van der Waals surface area contributed by atoms with Crippen molar-refractivity contribution < 1.29 is 19.7 Å². The number of carbonyl (C=O) groups is 1. The predicted octanol–water partition coefficient (Wildman–Crippen LogP) is -0.921. The maximum Gasteiger partial charge on any atom is 0.356 e. The first-order valence-corrected chi connectivity index (χ1v) is 2.53. The van der Waals surface area contributed by atoms with Crippen LogP contribution in [0.5, 0.6) is 0 Å². The van der Waals surface area contributed by atoms with Crippen LogP contribution in [0.1, 0.15) is 0 Å². The molecule has 5 heteroatoms. The van der Waals surface area contributed by atoms with E-state index >= 15 is 0 Å². The fourth-order valence-electron chi connectivity index (χ4n) is 0.221. The van der Waals surface area contributed by atoms with Gasteiger partial charge in [-0.25, -0.2) is 4.79 Å². The van der Waals surface area contributed by atoms with Crippen molar-refractivity contribution in [3.8, 4) is 0 Å². The third kappa shape index (κ3) is 2.17. The van der Waals surface area contributed by atoms with Crippen molar-refractivity contribution >= 4 is 17.6 Å². The number of alkyl halides is 1. The SMILES string of the molecule is COC(=O)C(O)(Cl)CO. The first-order valence-electron chi connectivity index (χ1n) is 2.15. The number of halogens is 1. The van der Waals surface area contributed by atoms with Gasteiger partial charge in [-0.3, -0.25) is 0 Å². The molecule has 0 aliphatic rings. The molecule has 0 rings (SSSR count). The first-order chi connectivity index (χ1) is 4.04. The van der Waals surface area contributed by atoms with E-state index in [9.17, 15) is 4.79 Å². The summed E-state index contributed by atoms with van der Waals surface area (Å²) in [5.74, 6) is -1.06. The molecule has 9 heavy (non-hydrogen) atoms. The zero-order valence-corrected chi connectivity index (χ0v) is 5.55. The number of methoxy groups -OCH3 is 1. The molecule has 0 saturated carbocycles. The highest BCUT2D eigenvalue weighted by molar-refractivity contribution is 6.32. The minimum Gasteiger partial charge on any atom is -0.466 e. The molecule has 0 bridgehead atoms. The molecule has 0 aliphatic heterocycles. The van der Waals surface area contributed by atoms with Gasteiger partial charge in [0.1, 0.15) is 0 Å². The van der Waals surface area contributed by atoms with Crippen molar-refractivity contribution in [2.24, 2.45) is 0 Å². The van der Waals surface area contributed by atoms with E-state index in [1.54, 1.807) is 0 Å². The standard InChI is InChI=1S/C4H7ClO4/c1-9-3(7)4(5,8)2-6/h6,8H,2H2,1H3. The highest BCUT2D eigenvalue weighted by Crippen LogP contribution is 2.10. The zero-order valence-electron chi connectivity index (χ0n) is 4.80. The summed E-state index contributed by atoms with van der Waals surface area (Å²) >= 11 is 5.00. The van der Waals surface area contributed by atoms with E-state index in [4.69, 9.17) is 21.8 Å². The number of ether oxygens (including phenoxy) is 1. The lowest BCUT2D eigenvalue weighted by Gasteiger charge is -2.12. The molecule has 0 radical (unpaired) electrons. The Balaban J connectivity index is 3.97. The van der Waals surface area contributed by atoms with Crippen molar-refractivity contribution in [1.29, 1.82) is 0 Å². The number of aliphatic hydroxyl groups is 2. The minimum absolute atomic E-state index is 0.860.